The lowest BCUT2D eigenvalue weighted by Gasteiger charge is -2.31. The third-order valence-corrected chi connectivity index (χ3v) is 3.10. The van der Waals surface area contributed by atoms with Gasteiger partial charge in [-0.2, -0.15) is 0 Å². The zero-order valence-corrected chi connectivity index (χ0v) is 9.93. The largest absolute Gasteiger partial charge is 0.397 e. The standard InChI is InChI=1S/C12H17N3O2/c1-15(9-4-7-17-8-5-9)12(16)11-10(13)3-2-6-14-11/h2-3,6,9H,4-5,7-8,13H2,1H3. The molecule has 0 saturated carbocycles. The summed E-state index contributed by atoms with van der Waals surface area (Å²) in [6.07, 6.45) is 3.32. The van der Waals surface area contributed by atoms with Gasteiger partial charge in [0.2, 0.25) is 0 Å². The van der Waals surface area contributed by atoms with Crippen LogP contribution in [0, 0.1) is 0 Å². The summed E-state index contributed by atoms with van der Waals surface area (Å²) in [6, 6.07) is 3.64. The Hall–Kier alpha value is -1.62. The fraction of sp³-hybridized carbons (Fsp3) is 0.500. The molecule has 2 rings (SSSR count). The van der Waals surface area contributed by atoms with Crippen LogP contribution in [0.5, 0.6) is 0 Å². The molecule has 92 valence electrons. The third kappa shape index (κ3) is 2.55. The molecule has 2 heterocycles. The average Bonchev–Trinajstić information content (AvgIpc) is 2.39. The summed E-state index contributed by atoms with van der Waals surface area (Å²) in [7, 11) is 1.80. The second kappa shape index (κ2) is 5.14. The number of hydrogen-bond acceptors (Lipinski definition) is 4. The molecule has 0 atom stereocenters. The Kier molecular flexibility index (Phi) is 3.58. The van der Waals surface area contributed by atoms with Gasteiger partial charge < -0.3 is 15.4 Å². The first-order valence-corrected chi connectivity index (χ1v) is 5.75. The van der Waals surface area contributed by atoms with Crippen LogP contribution < -0.4 is 5.73 Å². The van der Waals surface area contributed by atoms with Crippen molar-refractivity contribution in [1.82, 2.24) is 9.88 Å². The van der Waals surface area contributed by atoms with Gasteiger partial charge in [0.25, 0.3) is 5.91 Å². The summed E-state index contributed by atoms with van der Waals surface area (Å²) < 4.78 is 5.28. The van der Waals surface area contributed by atoms with Crippen molar-refractivity contribution in [1.29, 1.82) is 0 Å². The quantitative estimate of drug-likeness (QED) is 0.827. The summed E-state index contributed by atoms with van der Waals surface area (Å²) >= 11 is 0. The van der Waals surface area contributed by atoms with Gasteiger partial charge in [0.1, 0.15) is 0 Å². The van der Waals surface area contributed by atoms with E-state index < -0.39 is 0 Å². The van der Waals surface area contributed by atoms with Crippen LogP contribution in [0.4, 0.5) is 5.69 Å². The number of nitrogens with two attached hydrogens (primary N) is 1. The Balaban J connectivity index is 2.11. The van der Waals surface area contributed by atoms with Gasteiger partial charge in [-0.3, -0.25) is 4.79 Å². The number of nitrogen functional groups attached to an aromatic ring is 1. The average molecular weight is 235 g/mol. The van der Waals surface area contributed by atoms with Gasteiger partial charge in [0.05, 0.1) is 5.69 Å². The van der Waals surface area contributed by atoms with Crippen molar-refractivity contribution >= 4 is 11.6 Å². The number of amides is 1. The van der Waals surface area contributed by atoms with Gasteiger partial charge in [-0.25, -0.2) is 4.98 Å². The van der Waals surface area contributed by atoms with Crippen molar-refractivity contribution in [2.24, 2.45) is 0 Å². The lowest BCUT2D eigenvalue weighted by Crippen LogP contribution is -2.41. The zero-order valence-electron chi connectivity index (χ0n) is 9.93. The highest BCUT2D eigenvalue weighted by atomic mass is 16.5. The molecule has 0 aromatic carbocycles. The van der Waals surface area contributed by atoms with Crippen LogP contribution in [0.3, 0.4) is 0 Å². The summed E-state index contributed by atoms with van der Waals surface area (Å²) in [5.74, 6) is -0.116. The van der Waals surface area contributed by atoms with E-state index in [-0.39, 0.29) is 11.9 Å². The number of ether oxygens (including phenoxy) is 1. The van der Waals surface area contributed by atoms with Gasteiger partial charge in [0.15, 0.2) is 5.69 Å². The first-order chi connectivity index (χ1) is 8.20. The molecule has 0 aliphatic carbocycles. The molecule has 5 heteroatoms. The van der Waals surface area contributed by atoms with E-state index in [0.717, 1.165) is 12.8 Å². The van der Waals surface area contributed by atoms with Crippen LogP contribution in [-0.2, 0) is 4.74 Å². The predicted octanol–water partition coefficient (Wildman–Crippen LogP) is 0.915. The van der Waals surface area contributed by atoms with Crippen LogP contribution in [0.15, 0.2) is 18.3 Å². The predicted molar refractivity (Wildman–Crippen MR) is 64.6 cm³/mol. The van der Waals surface area contributed by atoms with Crippen LogP contribution >= 0.6 is 0 Å². The molecule has 1 amide bonds. The Morgan fingerprint density at radius 2 is 2.24 bits per heavy atom. The van der Waals surface area contributed by atoms with Crippen molar-refractivity contribution in [2.45, 2.75) is 18.9 Å². The highest BCUT2D eigenvalue weighted by Crippen LogP contribution is 2.17. The Morgan fingerprint density at radius 3 is 2.88 bits per heavy atom. The molecule has 17 heavy (non-hydrogen) atoms. The second-order valence-corrected chi connectivity index (χ2v) is 4.20. The van der Waals surface area contributed by atoms with Crippen molar-refractivity contribution in [2.75, 3.05) is 26.0 Å². The fourth-order valence-corrected chi connectivity index (χ4v) is 2.00. The van der Waals surface area contributed by atoms with E-state index in [1.807, 2.05) is 0 Å². The molecular weight excluding hydrogens is 218 g/mol. The van der Waals surface area contributed by atoms with Gasteiger partial charge >= 0.3 is 0 Å². The Labute approximate surface area is 101 Å². The molecule has 1 fully saturated rings. The van der Waals surface area contributed by atoms with Gasteiger partial charge in [-0.1, -0.05) is 0 Å². The molecule has 1 aliphatic rings. The zero-order chi connectivity index (χ0) is 12.3. The highest BCUT2D eigenvalue weighted by molar-refractivity contribution is 5.97. The molecule has 0 radical (unpaired) electrons. The molecular formula is C12H17N3O2. The Morgan fingerprint density at radius 1 is 1.53 bits per heavy atom. The number of hydrogen-bond donors (Lipinski definition) is 1. The van der Waals surface area contributed by atoms with E-state index in [4.69, 9.17) is 10.5 Å². The molecule has 5 nitrogen and oxygen atoms in total. The molecule has 1 aromatic heterocycles. The van der Waals surface area contributed by atoms with Crippen molar-refractivity contribution < 1.29 is 9.53 Å². The lowest BCUT2D eigenvalue weighted by atomic mass is 10.1. The van der Waals surface area contributed by atoms with E-state index >= 15 is 0 Å². The van der Waals surface area contributed by atoms with E-state index in [0.29, 0.717) is 24.6 Å². The number of anilines is 1. The minimum absolute atomic E-state index is 0.116. The number of nitrogens with zero attached hydrogens (tertiary/aromatic N) is 2. The summed E-state index contributed by atoms with van der Waals surface area (Å²) in [5, 5.41) is 0. The number of carbonyl (C=O) groups excluding carboxylic acids is 1. The van der Waals surface area contributed by atoms with E-state index in [1.165, 1.54) is 0 Å². The van der Waals surface area contributed by atoms with Gasteiger partial charge in [-0.05, 0) is 25.0 Å². The van der Waals surface area contributed by atoms with E-state index in [2.05, 4.69) is 4.98 Å². The van der Waals surface area contributed by atoms with Crippen LogP contribution in [0.25, 0.3) is 0 Å². The monoisotopic (exact) mass is 235 g/mol. The summed E-state index contributed by atoms with van der Waals surface area (Å²) in [4.78, 5) is 18.0. The van der Waals surface area contributed by atoms with Crippen LogP contribution in [-0.4, -0.2) is 42.1 Å². The van der Waals surface area contributed by atoms with Crippen LogP contribution in [0.2, 0.25) is 0 Å². The topological polar surface area (TPSA) is 68.5 Å². The molecule has 2 N–H and O–H groups in total. The number of rotatable bonds is 2. The SMILES string of the molecule is CN(C(=O)c1ncccc1N)C1CCOCC1. The molecule has 0 unspecified atom stereocenters. The minimum Gasteiger partial charge on any atom is -0.397 e. The summed E-state index contributed by atoms with van der Waals surface area (Å²) in [6.45, 7) is 1.42. The molecule has 1 aromatic rings. The maximum Gasteiger partial charge on any atom is 0.274 e. The molecule has 1 saturated heterocycles. The second-order valence-electron chi connectivity index (χ2n) is 4.20. The first-order valence-electron chi connectivity index (χ1n) is 5.75. The van der Waals surface area contributed by atoms with E-state index in [1.54, 1.807) is 30.3 Å². The maximum absolute atomic E-state index is 12.2. The normalized spacial score (nSPS) is 16.8. The fourth-order valence-electron chi connectivity index (χ4n) is 2.00. The smallest absolute Gasteiger partial charge is 0.274 e. The molecule has 0 bridgehead atoms. The van der Waals surface area contributed by atoms with Gasteiger partial charge in [0, 0.05) is 32.5 Å². The lowest BCUT2D eigenvalue weighted by molar-refractivity contribution is 0.0359. The maximum atomic E-state index is 12.2. The highest BCUT2D eigenvalue weighted by Gasteiger charge is 2.25. The number of aromatic nitrogens is 1. The number of carbonyl (C=O) groups is 1. The third-order valence-electron chi connectivity index (χ3n) is 3.10. The summed E-state index contributed by atoms with van der Waals surface area (Å²) in [5.41, 5.74) is 6.52. The minimum atomic E-state index is -0.116. The van der Waals surface area contributed by atoms with Crippen molar-refractivity contribution in [3.8, 4) is 0 Å². The molecule has 1 aliphatic heterocycles. The number of pyridine rings is 1. The van der Waals surface area contributed by atoms with Crippen LogP contribution in [0.1, 0.15) is 23.3 Å². The Bertz CT molecular complexity index is 402. The first kappa shape index (κ1) is 11.9. The van der Waals surface area contributed by atoms with Crippen molar-refractivity contribution in [3.05, 3.63) is 24.0 Å². The van der Waals surface area contributed by atoms with Gasteiger partial charge in [-0.15, -0.1) is 0 Å². The van der Waals surface area contributed by atoms with Crippen molar-refractivity contribution in [3.63, 3.8) is 0 Å². The molecule has 0 spiro atoms. The van der Waals surface area contributed by atoms with E-state index in [9.17, 15) is 4.79 Å².